The number of hydrogen-bond donors (Lipinski definition) is 13. The van der Waals surface area contributed by atoms with Gasteiger partial charge in [-0.05, 0) is 166 Å². The third-order valence-corrected chi connectivity index (χ3v) is 30.0. The number of ether oxygens (including phenoxy) is 5. The number of carbonyl (C=O) groups is 12. The first-order chi connectivity index (χ1) is 67.4. The van der Waals surface area contributed by atoms with E-state index in [0.29, 0.717) is 86.6 Å². The molecule has 770 valence electrons. The molecule has 13 N–H and O–H groups in total. The van der Waals surface area contributed by atoms with Crippen LogP contribution in [0.2, 0.25) is 0 Å². The van der Waals surface area contributed by atoms with Crippen molar-refractivity contribution < 1.29 is 94.4 Å². The number of alkyl halides is 4. The van der Waals surface area contributed by atoms with Crippen LogP contribution in [0.3, 0.4) is 0 Å². The zero-order chi connectivity index (χ0) is 107. The number of thiophene rings is 6. The minimum atomic E-state index is -4.64. The number of aryl methyl sites for hydroxylation is 5. The molecular formula is C101H119BrF3N15O17S7. The number of benzene rings is 5. The van der Waals surface area contributed by atoms with Gasteiger partial charge in [0.2, 0.25) is 10.1 Å². The molecular weight excluding hydrogens is 2060 g/mol. The van der Waals surface area contributed by atoms with E-state index in [1.54, 1.807) is 26.1 Å². The molecule has 0 saturated carbocycles. The molecule has 0 aliphatic heterocycles. The van der Waals surface area contributed by atoms with Crippen LogP contribution in [0.25, 0.3) is 0 Å². The fourth-order valence-electron chi connectivity index (χ4n) is 11.7. The lowest BCUT2D eigenvalue weighted by atomic mass is 9.94. The molecule has 5 aromatic carbocycles. The summed E-state index contributed by atoms with van der Waals surface area (Å²) in [5.74, 6) is -2.37. The van der Waals surface area contributed by atoms with Gasteiger partial charge in [0.15, 0.2) is 0 Å². The summed E-state index contributed by atoms with van der Waals surface area (Å²) in [5.41, 5.74) is 10.9. The highest BCUT2D eigenvalue weighted by Crippen LogP contribution is 2.42. The minimum Gasteiger partial charge on any atom is -0.465 e. The molecule has 0 unspecified atom stereocenters. The Balaban J connectivity index is 0.000000235. The molecule has 0 fully saturated rings. The fourth-order valence-corrected chi connectivity index (χ4v) is 19.0. The average Bonchev–Trinajstić information content (AvgIpc) is 1.71. The fraction of sp³-hybridized carbons (Fsp3) is 0.327. The topological polar surface area (TPSA) is 433 Å². The summed E-state index contributed by atoms with van der Waals surface area (Å²) >= 11 is 11.4. The number of anilines is 12. The molecule has 0 saturated heterocycles. The monoisotopic (exact) mass is 2170 g/mol. The SMILES string of the molecule is CCOC(=O)c1sc(C(C)(C)C)cc1NC(=O)Nc1ccc(C)cc1.CNC(=O)c1sc(C(C)(C)C)cc1NC(=O)Nc1ccc(C)cc1.COC(=O)c1sc(C(C)(C)C)cc1NC(=O)Nc1ccc(C)cc1.COC(=O)c1sc(C(C)(C)C)cc1NC(=O)Nc1nnc(C(F)(F)F)s1.COC(=O)c1sc(C(C)C)cc1NC(=O)Nc1ccc(C)cc1.COC(=O)c1sc(CBr)cc1NC(=O)Nc1ccc(C)cc1. The van der Waals surface area contributed by atoms with Crippen LogP contribution in [-0.2, 0) is 56.9 Å². The van der Waals surface area contributed by atoms with E-state index in [4.69, 9.17) is 23.7 Å². The number of carbonyl (C=O) groups excluding carboxylic acids is 12. The first-order valence-electron chi connectivity index (χ1n) is 44.3. The summed E-state index contributed by atoms with van der Waals surface area (Å²) < 4.78 is 61.7. The van der Waals surface area contributed by atoms with Crippen LogP contribution < -0.4 is 69.1 Å². The van der Waals surface area contributed by atoms with E-state index in [1.807, 2.05) is 215 Å². The second-order valence-corrected chi connectivity index (χ2v) is 44.0. The van der Waals surface area contributed by atoms with Crippen LogP contribution in [0, 0.1) is 34.6 Å². The number of aromatic nitrogens is 2. The molecule has 12 aromatic rings. The second kappa shape index (κ2) is 53.2. The Kier molecular flexibility index (Phi) is 43.5. The van der Waals surface area contributed by atoms with Gasteiger partial charge in [0.25, 0.3) is 5.91 Å². The van der Waals surface area contributed by atoms with Crippen molar-refractivity contribution in [3.8, 4) is 0 Å². The van der Waals surface area contributed by atoms with Crippen LogP contribution in [0.4, 0.5) is 110 Å². The normalized spacial score (nSPS) is 11.0. The first-order valence-corrected chi connectivity index (χ1v) is 51.1. The van der Waals surface area contributed by atoms with Crippen molar-refractivity contribution in [3.63, 3.8) is 0 Å². The number of nitrogens with zero attached hydrogens (tertiary/aromatic N) is 2. The molecule has 7 aromatic heterocycles. The Morgan fingerprint density at radius 2 is 0.583 bits per heavy atom. The quantitative estimate of drug-likeness (QED) is 0.0180. The average molecular weight is 2180 g/mol. The first kappa shape index (κ1) is 118. The number of halogens is 4. The van der Waals surface area contributed by atoms with Crippen LogP contribution in [0.1, 0.15) is 230 Å². The summed E-state index contributed by atoms with van der Waals surface area (Å²) in [6.07, 6.45) is -4.64. The zero-order valence-electron chi connectivity index (χ0n) is 84.2. The maximum Gasteiger partial charge on any atom is 0.445 e. The predicted molar refractivity (Wildman–Crippen MR) is 579 cm³/mol. The third-order valence-electron chi connectivity index (χ3n) is 19.4. The van der Waals surface area contributed by atoms with Gasteiger partial charge >= 0.3 is 72.2 Å². The van der Waals surface area contributed by atoms with Crippen LogP contribution in [0.5, 0.6) is 0 Å². The van der Waals surface area contributed by atoms with Gasteiger partial charge in [0.1, 0.15) is 29.3 Å². The van der Waals surface area contributed by atoms with Crippen molar-refractivity contribution in [3.05, 3.63) is 249 Å². The standard InChI is InChI=1S/C19H24N2O3S.C18H23N3O2S.C18H22N2O3S.C17H20N2O3S.C15H15BrN2O3S.C14H15F3N4O3S2/c1-6-24-17(22)16-14(11-15(25-16)19(3,4)5)21-18(23)20-13-9-7-12(2)8-10-13;1-11-6-8-12(9-7-11)20-17(23)21-13-10-14(18(2,3)4)24-15(13)16(22)19-5;1-11-6-8-12(9-7-11)19-17(22)20-13-10-14(18(2,3)4)24-15(13)16(21)23-5;1-10(2)14-9-13(15(23-14)16(20)22-4)19-17(21)18-12-7-5-11(3)6-8-12;1-9-3-5-10(6-4-9)17-15(20)18-12-7-11(8-16)22-13(12)14(19)21-2;1-13(2,3)7-5-6(8(25-7)9(22)24-4)18-11(23)19-12-21-20-10(26-12)14(15,16)17/h7-11H,6H2,1-5H3,(H2,20,21,23);6-10H,1-5H3,(H,19,22)(H2,20,21,23);6-10H,1-5H3,(H2,19,20,22);5-10H,1-4H3,(H2,18,19,21);3-7H,8H2,1-2H3,(H2,17,18,20);5H,1-4H3,(H2,18,19,21,23). The maximum absolute atomic E-state index is 12.5. The number of urea groups is 6. The number of rotatable bonds is 21. The van der Waals surface area contributed by atoms with E-state index in [-0.39, 0.29) is 73.2 Å². The van der Waals surface area contributed by atoms with Crippen molar-refractivity contribution >= 4 is 235 Å². The summed E-state index contributed by atoms with van der Waals surface area (Å²) in [4.78, 5) is 153. The second-order valence-electron chi connectivity index (χ2n) is 36.0. The van der Waals surface area contributed by atoms with Gasteiger partial charge < -0.3 is 87.5 Å². The Morgan fingerprint density at radius 1 is 0.333 bits per heavy atom. The van der Waals surface area contributed by atoms with E-state index in [9.17, 15) is 70.7 Å². The smallest absolute Gasteiger partial charge is 0.445 e. The lowest BCUT2D eigenvalue weighted by Crippen LogP contribution is -2.22. The number of nitrogens with one attached hydrogen (secondary N) is 13. The van der Waals surface area contributed by atoms with Crippen LogP contribution in [0.15, 0.2) is 158 Å². The Hall–Kier alpha value is -13.4. The molecule has 0 atom stereocenters. The van der Waals surface area contributed by atoms with Crippen LogP contribution >= 0.6 is 95.3 Å². The van der Waals surface area contributed by atoms with Crippen molar-refractivity contribution in [2.75, 3.05) is 106 Å². The lowest BCUT2D eigenvalue weighted by molar-refractivity contribution is -0.138. The van der Waals surface area contributed by atoms with Gasteiger partial charge in [-0.15, -0.1) is 78.2 Å². The Labute approximate surface area is 870 Å². The molecule has 144 heavy (non-hydrogen) atoms. The molecule has 0 aliphatic carbocycles. The van der Waals surface area contributed by atoms with E-state index < -0.39 is 71.2 Å². The number of amides is 13. The summed E-state index contributed by atoms with van der Waals surface area (Å²) in [6, 6.07) is 45.3. The Bertz CT molecular complexity index is 6330. The number of methoxy groups -OCH3 is 4. The highest BCUT2D eigenvalue weighted by molar-refractivity contribution is 9.08. The third kappa shape index (κ3) is 36.8. The molecule has 32 nitrogen and oxygen atoms in total. The molecule has 0 bridgehead atoms. The number of esters is 5. The molecule has 7 heterocycles. The molecule has 43 heteroatoms. The van der Waals surface area contributed by atoms with Gasteiger partial charge in [0.05, 0.1) is 69.2 Å². The molecule has 12 rings (SSSR count). The number of hydrogen-bond acceptors (Lipinski definition) is 26. The van der Waals surface area contributed by atoms with E-state index in [1.165, 1.54) is 85.1 Å². The summed E-state index contributed by atoms with van der Waals surface area (Å²) in [7, 11) is 6.76. The van der Waals surface area contributed by atoms with Gasteiger partial charge in [-0.3, -0.25) is 10.1 Å². The van der Waals surface area contributed by atoms with Gasteiger partial charge in [-0.2, -0.15) is 13.2 Å². The molecule has 0 spiro atoms. The van der Waals surface area contributed by atoms with Crippen molar-refractivity contribution in [1.29, 1.82) is 0 Å². The molecule has 13 amide bonds. The van der Waals surface area contributed by atoms with Gasteiger partial charge in [0, 0.05) is 70.1 Å². The van der Waals surface area contributed by atoms with E-state index >= 15 is 0 Å². The van der Waals surface area contributed by atoms with Gasteiger partial charge in [-0.1, -0.05) is 213 Å². The van der Waals surface area contributed by atoms with E-state index in [2.05, 4.69) is 158 Å². The van der Waals surface area contributed by atoms with Crippen molar-refractivity contribution in [2.24, 2.45) is 0 Å². The molecule has 0 aliphatic rings. The Morgan fingerprint density at radius 3 is 0.833 bits per heavy atom. The highest BCUT2D eigenvalue weighted by Gasteiger charge is 2.37. The van der Waals surface area contributed by atoms with E-state index in [0.717, 1.165) is 68.4 Å². The lowest BCUT2D eigenvalue weighted by Gasteiger charge is -2.15. The predicted octanol–water partition coefficient (Wildman–Crippen LogP) is 27.7. The van der Waals surface area contributed by atoms with Crippen LogP contribution in [-0.4, -0.2) is 124 Å². The zero-order valence-corrected chi connectivity index (χ0v) is 91.5. The summed E-state index contributed by atoms with van der Waals surface area (Å²) in [5, 5.41) is 40.0. The largest absolute Gasteiger partial charge is 0.465 e. The highest BCUT2D eigenvalue weighted by atomic mass is 79.9. The molecule has 0 radical (unpaired) electrons. The summed E-state index contributed by atoms with van der Waals surface area (Å²) in [6.45, 7) is 40.4. The van der Waals surface area contributed by atoms with Gasteiger partial charge in [-0.25, -0.2) is 52.7 Å². The minimum absolute atomic E-state index is 0.0964. The van der Waals surface area contributed by atoms with Crippen molar-refractivity contribution in [2.45, 2.75) is 178 Å². The maximum atomic E-state index is 12.5. The van der Waals surface area contributed by atoms with Crippen molar-refractivity contribution in [1.82, 2.24) is 15.5 Å².